The van der Waals surface area contributed by atoms with Gasteiger partial charge in [-0.1, -0.05) is 29.4 Å². The van der Waals surface area contributed by atoms with Crippen LogP contribution in [0.15, 0.2) is 47.0 Å². The highest BCUT2D eigenvalue weighted by molar-refractivity contribution is 5.85. The minimum atomic E-state index is -0.311. The predicted molar refractivity (Wildman–Crippen MR) is 128 cm³/mol. The zero-order valence-electron chi connectivity index (χ0n) is 18.9. The molecule has 1 saturated heterocycles. The zero-order valence-corrected chi connectivity index (χ0v) is 19.7. The third-order valence-electron chi connectivity index (χ3n) is 6.28. The molecule has 3 aromatic rings. The molecule has 1 amide bonds. The van der Waals surface area contributed by atoms with Crippen molar-refractivity contribution >= 4 is 29.3 Å². The summed E-state index contributed by atoms with van der Waals surface area (Å²) >= 11 is 0. The minimum Gasteiger partial charge on any atom is -0.397 e. The van der Waals surface area contributed by atoms with E-state index in [0.29, 0.717) is 18.7 Å². The molecule has 1 fully saturated rings. The summed E-state index contributed by atoms with van der Waals surface area (Å²) in [7, 11) is 0. The lowest BCUT2D eigenvalue weighted by atomic mass is 9.91. The number of aromatic nitrogens is 1. The number of fused-ring (bicyclic) bond motifs is 2. The fraction of sp³-hybridized carbons (Fsp3) is 0.440. The summed E-state index contributed by atoms with van der Waals surface area (Å²) in [6.45, 7) is 5.63. The van der Waals surface area contributed by atoms with E-state index < -0.39 is 0 Å². The number of halogens is 2. The highest BCUT2D eigenvalue weighted by Gasteiger charge is 2.28. The summed E-state index contributed by atoms with van der Waals surface area (Å²) in [5.74, 6) is 0.184. The van der Waals surface area contributed by atoms with E-state index in [-0.39, 0.29) is 36.7 Å². The van der Waals surface area contributed by atoms with E-state index in [1.807, 2.05) is 11.0 Å². The van der Waals surface area contributed by atoms with Crippen LogP contribution < -0.4 is 0 Å². The van der Waals surface area contributed by atoms with Gasteiger partial charge in [0.15, 0.2) is 5.58 Å². The van der Waals surface area contributed by atoms with Crippen molar-refractivity contribution in [1.29, 1.82) is 0 Å². The number of hydrogen-bond acceptors (Lipinski definition) is 5. The van der Waals surface area contributed by atoms with Gasteiger partial charge in [0.05, 0.1) is 12.2 Å². The fourth-order valence-electron chi connectivity index (χ4n) is 4.59. The lowest BCUT2D eigenvalue weighted by molar-refractivity contribution is -0.133. The Hall–Kier alpha value is -2.48. The first-order chi connectivity index (χ1) is 15.6. The normalized spacial score (nSPS) is 16.5. The van der Waals surface area contributed by atoms with Gasteiger partial charge in [0.1, 0.15) is 5.82 Å². The summed E-state index contributed by atoms with van der Waals surface area (Å²) in [5, 5.41) is 12.7. The predicted octanol–water partition coefficient (Wildman–Crippen LogP) is 4.15. The molecule has 1 aromatic heterocycles. The van der Waals surface area contributed by atoms with Crippen LogP contribution in [0.5, 0.6) is 0 Å². The van der Waals surface area contributed by atoms with E-state index in [2.05, 4.69) is 28.3 Å². The maximum atomic E-state index is 13.4. The number of aliphatic hydroxyl groups excluding tert-OH is 1. The molecule has 0 atom stereocenters. The van der Waals surface area contributed by atoms with Gasteiger partial charge in [-0.2, -0.15) is 0 Å². The average molecular weight is 476 g/mol. The number of rotatable bonds is 3. The molecule has 3 heterocycles. The van der Waals surface area contributed by atoms with E-state index in [9.17, 15) is 9.18 Å². The number of benzene rings is 2. The molecule has 178 valence electrons. The lowest BCUT2D eigenvalue weighted by Gasteiger charge is -2.34. The first kappa shape index (κ1) is 25.1. The molecule has 2 aromatic carbocycles. The highest BCUT2D eigenvalue weighted by Crippen LogP contribution is 2.32. The molecule has 0 aliphatic carbocycles. The summed E-state index contributed by atoms with van der Waals surface area (Å²) in [5.41, 5.74) is 4.04. The van der Waals surface area contributed by atoms with Gasteiger partial charge in [0.2, 0.25) is 5.91 Å². The Bertz CT molecular complexity index is 1070. The third kappa shape index (κ3) is 5.91. The van der Waals surface area contributed by atoms with Gasteiger partial charge in [-0.3, -0.25) is 9.69 Å². The number of hydrogen-bond donors (Lipinski definition) is 1. The van der Waals surface area contributed by atoms with Gasteiger partial charge >= 0.3 is 0 Å². The van der Waals surface area contributed by atoms with Crippen molar-refractivity contribution in [2.24, 2.45) is 0 Å². The van der Waals surface area contributed by atoms with Crippen LogP contribution in [-0.2, 0) is 17.8 Å². The van der Waals surface area contributed by atoms with Gasteiger partial charge in [-0.25, -0.2) is 4.39 Å². The Morgan fingerprint density at radius 1 is 1.15 bits per heavy atom. The number of nitrogens with zero attached hydrogens (tertiary/aromatic N) is 3. The van der Waals surface area contributed by atoms with Gasteiger partial charge in [0.25, 0.3) is 0 Å². The van der Waals surface area contributed by atoms with E-state index in [1.165, 1.54) is 23.3 Å². The van der Waals surface area contributed by atoms with Crippen molar-refractivity contribution in [3.05, 3.63) is 65.1 Å². The van der Waals surface area contributed by atoms with Crippen LogP contribution in [0.25, 0.3) is 11.0 Å². The van der Waals surface area contributed by atoms with Crippen LogP contribution in [0, 0.1) is 5.82 Å². The molecule has 2 aliphatic rings. The average Bonchev–Trinajstić information content (AvgIpc) is 3.23. The Kier molecular flexibility index (Phi) is 8.83. The van der Waals surface area contributed by atoms with Crippen LogP contribution in [0.2, 0.25) is 0 Å². The number of carbonyl (C=O) groups excluding carboxylic acids is 1. The Morgan fingerprint density at radius 3 is 2.58 bits per heavy atom. The number of carbonyl (C=O) groups is 1. The smallest absolute Gasteiger partial charge is 0.237 e. The lowest BCUT2D eigenvalue weighted by Crippen LogP contribution is -2.44. The summed E-state index contributed by atoms with van der Waals surface area (Å²) < 4.78 is 18.7. The molecular weight excluding hydrogens is 445 g/mol. The maximum Gasteiger partial charge on any atom is 0.237 e. The number of amides is 1. The van der Waals surface area contributed by atoms with Crippen LogP contribution >= 0.6 is 12.4 Å². The minimum absolute atomic E-state index is 0. The van der Waals surface area contributed by atoms with Crippen molar-refractivity contribution in [2.75, 3.05) is 32.8 Å². The van der Waals surface area contributed by atoms with Gasteiger partial charge in [0, 0.05) is 37.1 Å². The Labute approximate surface area is 199 Å². The molecule has 0 radical (unpaired) electrons. The molecule has 1 N–H and O–H groups in total. The monoisotopic (exact) mass is 475 g/mol. The fourth-order valence-corrected chi connectivity index (χ4v) is 4.59. The molecule has 33 heavy (non-hydrogen) atoms. The molecule has 2 aliphatic heterocycles. The molecule has 8 heteroatoms. The van der Waals surface area contributed by atoms with Crippen LogP contribution in [0.4, 0.5) is 4.39 Å². The highest BCUT2D eigenvalue weighted by atomic mass is 35.5. The van der Waals surface area contributed by atoms with E-state index in [1.54, 1.807) is 13.0 Å². The van der Waals surface area contributed by atoms with Crippen molar-refractivity contribution < 1.29 is 18.8 Å². The zero-order chi connectivity index (χ0) is 22.5. The largest absolute Gasteiger partial charge is 0.397 e. The summed E-state index contributed by atoms with van der Waals surface area (Å²) in [6, 6.07) is 13.0. The number of likely N-dealkylation sites (tertiary alicyclic amines) is 1. The standard InChI is InChI=1S/C23H24FN3O2.C2H6O.ClH/c24-19-5-6-20-21(13-19)29-25-23(20)17-7-10-26(11-8-17)15-22(28)27-12-9-16-3-1-2-4-18(16)14-27;1-2-3;/h1-6,13,17H,7-12,14-15H2;3H,2H2,1H3;1H. The van der Waals surface area contributed by atoms with E-state index in [4.69, 9.17) is 9.63 Å². The van der Waals surface area contributed by atoms with Crippen molar-refractivity contribution in [1.82, 2.24) is 15.0 Å². The molecule has 0 unspecified atom stereocenters. The first-order valence-corrected chi connectivity index (χ1v) is 11.3. The SMILES string of the molecule is CCO.Cl.O=C(CN1CCC(c2noc3cc(F)ccc23)CC1)N1CCc2ccccc2C1. The summed E-state index contributed by atoms with van der Waals surface area (Å²) in [4.78, 5) is 17.0. The van der Waals surface area contributed by atoms with Gasteiger partial charge in [-0.15, -0.1) is 12.4 Å². The summed E-state index contributed by atoms with van der Waals surface area (Å²) in [6.07, 6.45) is 2.79. The van der Waals surface area contributed by atoms with Crippen molar-refractivity contribution in [3.8, 4) is 0 Å². The maximum absolute atomic E-state index is 13.4. The first-order valence-electron chi connectivity index (χ1n) is 11.3. The molecule has 0 saturated carbocycles. The van der Waals surface area contributed by atoms with Crippen LogP contribution in [-0.4, -0.2) is 58.8 Å². The van der Waals surface area contributed by atoms with Crippen LogP contribution in [0.1, 0.15) is 42.5 Å². The Morgan fingerprint density at radius 2 is 1.85 bits per heavy atom. The Balaban J connectivity index is 0.000000728. The van der Waals surface area contributed by atoms with E-state index >= 15 is 0 Å². The molecule has 0 bridgehead atoms. The van der Waals surface area contributed by atoms with Gasteiger partial charge < -0.3 is 14.5 Å². The third-order valence-corrected chi connectivity index (χ3v) is 6.28. The molecule has 0 spiro atoms. The van der Waals surface area contributed by atoms with Crippen molar-refractivity contribution in [3.63, 3.8) is 0 Å². The van der Waals surface area contributed by atoms with Crippen molar-refractivity contribution in [2.45, 2.75) is 38.6 Å². The number of aliphatic hydroxyl groups is 1. The second-order valence-electron chi connectivity index (χ2n) is 8.41. The van der Waals surface area contributed by atoms with Gasteiger partial charge in [-0.05, 0) is 62.5 Å². The topological polar surface area (TPSA) is 69.8 Å². The van der Waals surface area contributed by atoms with Crippen LogP contribution in [0.3, 0.4) is 0 Å². The molecular formula is C25H31ClFN3O3. The number of piperidine rings is 1. The van der Waals surface area contributed by atoms with E-state index in [0.717, 1.165) is 50.0 Å². The molecule has 6 nitrogen and oxygen atoms in total. The quantitative estimate of drug-likeness (QED) is 0.616. The second kappa shape index (κ2) is 11.6. The second-order valence-corrected chi connectivity index (χ2v) is 8.41. The molecule has 5 rings (SSSR count).